The van der Waals surface area contributed by atoms with Gasteiger partial charge in [0.15, 0.2) is 11.5 Å². The van der Waals surface area contributed by atoms with E-state index in [0.29, 0.717) is 11.8 Å². The molecule has 1 aromatic rings. The molecule has 0 aromatic heterocycles. The summed E-state index contributed by atoms with van der Waals surface area (Å²) in [5.74, 6) is 1.04. The molecule has 1 saturated heterocycles. The number of hydrogen-bond acceptors (Lipinski definition) is 4. The van der Waals surface area contributed by atoms with Crippen LogP contribution in [0.1, 0.15) is 24.5 Å². The maximum Gasteiger partial charge on any atom is 0.165 e. The van der Waals surface area contributed by atoms with E-state index in [1.165, 1.54) is 0 Å². The molecule has 0 amide bonds. The molecular formula is C18H23NO3. The summed E-state index contributed by atoms with van der Waals surface area (Å²) in [5, 5.41) is 20.8. The summed E-state index contributed by atoms with van der Waals surface area (Å²) in [5.41, 5.74) is 2.00. The van der Waals surface area contributed by atoms with Gasteiger partial charge in [-0.2, -0.15) is 0 Å². The van der Waals surface area contributed by atoms with Crippen molar-refractivity contribution in [1.82, 2.24) is 4.90 Å². The lowest BCUT2D eigenvalue weighted by atomic mass is 9.57. The molecule has 4 nitrogen and oxygen atoms in total. The van der Waals surface area contributed by atoms with Gasteiger partial charge in [-0.1, -0.05) is 18.2 Å². The molecule has 0 saturated carbocycles. The zero-order chi connectivity index (χ0) is 15.6. The highest BCUT2D eigenvalue weighted by Gasteiger charge is 2.61. The highest BCUT2D eigenvalue weighted by atomic mass is 16.5. The van der Waals surface area contributed by atoms with Gasteiger partial charge in [0.2, 0.25) is 0 Å². The molecule has 2 N–H and O–H groups in total. The number of aliphatic hydroxyl groups excluding tert-OH is 1. The van der Waals surface area contributed by atoms with E-state index in [0.717, 1.165) is 24.1 Å². The van der Waals surface area contributed by atoms with Gasteiger partial charge in [-0.15, -0.1) is 0 Å². The fourth-order valence-corrected chi connectivity index (χ4v) is 4.84. The molecule has 4 heteroatoms. The third-order valence-corrected chi connectivity index (χ3v) is 6.08. The highest BCUT2D eigenvalue weighted by Crippen LogP contribution is 2.59. The Kier molecular flexibility index (Phi) is 2.88. The number of phenols is 1. The second kappa shape index (κ2) is 4.49. The van der Waals surface area contributed by atoms with Crippen molar-refractivity contribution in [3.63, 3.8) is 0 Å². The second-order valence-corrected chi connectivity index (χ2v) is 7.06. The van der Waals surface area contributed by atoms with Crippen molar-refractivity contribution in [2.45, 2.75) is 43.9 Å². The van der Waals surface area contributed by atoms with E-state index < -0.39 is 6.10 Å². The van der Waals surface area contributed by atoms with Crippen LogP contribution in [-0.4, -0.2) is 47.0 Å². The summed E-state index contributed by atoms with van der Waals surface area (Å²) in [6, 6.07) is 4.02. The molecule has 2 aliphatic heterocycles. The Morgan fingerprint density at radius 2 is 2.09 bits per heavy atom. The smallest absolute Gasteiger partial charge is 0.165 e. The molecule has 118 valence electrons. The van der Waals surface area contributed by atoms with E-state index in [9.17, 15) is 10.2 Å². The number of benzene rings is 1. The maximum absolute atomic E-state index is 10.5. The van der Waals surface area contributed by atoms with Gasteiger partial charge < -0.3 is 19.8 Å². The summed E-state index contributed by atoms with van der Waals surface area (Å²) in [6.07, 6.45) is 4.02. The molecule has 1 fully saturated rings. The lowest BCUT2D eigenvalue weighted by Gasteiger charge is -2.52. The first-order valence-electron chi connectivity index (χ1n) is 8.03. The summed E-state index contributed by atoms with van der Waals surface area (Å²) in [4.78, 5) is 2.37. The molecular weight excluding hydrogens is 278 g/mol. The summed E-state index contributed by atoms with van der Waals surface area (Å²) < 4.78 is 6.11. The average Bonchev–Trinajstić information content (AvgIpc) is 2.85. The van der Waals surface area contributed by atoms with Crippen LogP contribution < -0.4 is 4.74 Å². The fourth-order valence-electron chi connectivity index (χ4n) is 4.84. The molecule has 1 unspecified atom stereocenters. The number of piperidine rings is 1. The monoisotopic (exact) mass is 301 g/mol. The highest BCUT2D eigenvalue weighted by molar-refractivity contribution is 5.59. The Balaban J connectivity index is 1.97. The van der Waals surface area contributed by atoms with Crippen LogP contribution in [0.4, 0.5) is 0 Å². The zero-order valence-electron chi connectivity index (χ0n) is 13.3. The molecule has 22 heavy (non-hydrogen) atoms. The first-order valence-corrected chi connectivity index (χ1v) is 8.03. The summed E-state index contributed by atoms with van der Waals surface area (Å²) in [6.45, 7) is 5.27. The molecule has 1 spiro atoms. The van der Waals surface area contributed by atoms with Crippen molar-refractivity contribution in [2.24, 2.45) is 5.92 Å². The summed E-state index contributed by atoms with van der Waals surface area (Å²) in [7, 11) is 2.15. The van der Waals surface area contributed by atoms with E-state index in [1.54, 1.807) is 6.07 Å². The standard InChI is InChI=1S/C18H23NO3/c1-10-4-6-13(20)16-15(10)18-8-9-19(3)11(2)12(18)5-7-14(21)17(18)22-16/h4-7,11-12,14,17,20-21H,8-9H2,1-3H3/t11?,12-,14-,17-,18-/m0/s1. The predicted molar refractivity (Wildman–Crippen MR) is 84.3 cm³/mol. The van der Waals surface area contributed by atoms with E-state index in [4.69, 9.17) is 4.74 Å². The number of rotatable bonds is 0. The first kappa shape index (κ1) is 14.1. The van der Waals surface area contributed by atoms with Crippen molar-refractivity contribution >= 4 is 0 Å². The van der Waals surface area contributed by atoms with Gasteiger partial charge in [-0.25, -0.2) is 0 Å². The molecule has 1 aromatic carbocycles. The Labute approximate surface area is 131 Å². The van der Waals surface area contributed by atoms with Gasteiger partial charge in [0.05, 0.1) is 0 Å². The topological polar surface area (TPSA) is 52.9 Å². The van der Waals surface area contributed by atoms with E-state index >= 15 is 0 Å². The Bertz CT molecular complexity index is 656. The number of aromatic hydroxyl groups is 1. The van der Waals surface area contributed by atoms with Crippen molar-refractivity contribution in [1.29, 1.82) is 0 Å². The Morgan fingerprint density at radius 1 is 1.32 bits per heavy atom. The van der Waals surface area contributed by atoms with Crippen molar-refractivity contribution in [2.75, 3.05) is 13.6 Å². The molecule has 1 aliphatic carbocycles. The number of ether oxygens (including phenoxy) is 1. The number of nitrogens with zero attached hydrogens (tertiary/aromatic N) is 1. The minimum absolute atomic E-state index is 0.182. The Hall–Kier alpha value is -1.52. The van der Waals surface area contributed by atoms with Crippen LogP contribution in [-0.2, 0) is 5.41 Å². The lowest BCUT2D eigenvalue weighted by molar-refractivity contribution is -0.0369. The average molecular weight is 301 g/mol. The first-order chi connectivity index (χ1) is 10.5. The maximum atomic E-state index is 10.5. The van der Waals surface area contributed by atoms with Crippen molar-refractivity contribution in [3.8, 4) is 11.5 Å². The van der Waals surface area contributed by atoms with Gasteiger partial charge >= 0.3 is 0 Å². The van der Waals surface area contributed by atoms with Gasteiger partial charge in [0.1, 0.15) is 12.2 Å². The number of likely N-dealkylation sites (tertiary alicyclic amines) is 1. The van der Waals surface area contributed by atoms with Gasteiger partial charge in [-0.3, -0.25) is 0 Å². The van der Waals surface area contributed by atoms with E-state index in [-0.39, 0.29) is 23.2 Å². The minimum atomic E-state index is -0.627. The van der Waals surface area contributed by atoms with Crippen molar-refractivity contribution < 1.29 is 14.9 Å². The van der Waals surface area contributed by atoms with Crippen molar-refractivity contribution in [3.05, 3.63) is 35.4 Å². The number of phenolic OH excluding ortho intramolecular Hbond substituents is 1. The van der Waals surface area contributed by atoms with Crippen LogP contribution in [0, 0.1) is 12.8 Å². The molecule has 4 rings (SSSR count). The van der Waals surface area contributed by atoms with Crippen LogP contribution in [0.25, 0.3) is 0 Å². The molecule has 2 heterocycles. The summed E-state index contributed by atoms with van der Waals surface area (Å²) >= 11 is 0. The number of fused-ring (bicyclic) bond motifs is 1. The van der Waals surface area contributed by atoms with E-state index in [1.807, 2.05) is 12.1 Å². The zero-order valence-corrected chi connectivity index (χ0v) is 13.3. The SMILES string of the molecule is Cc1ccc(O)c2c1[C@]13CCN(C)C(C)[C@@H]1C=C[C@H](O)[C@@H]3O2. The molecule has 3 aliphatic rings. The number of hydrogen-bond donors (Lipinski definition) is 2. The van der Waals surface area contributed by atoms with Crippen LogP contribution in [0.15, 0.2) is 24.3 Å². The molecule has 0 radical (unpaired) electrons. The van der Waals surface area contributed by atoms with Crippen LogP contribution in [0.3, 0.4) is 0 Å². The quantitative estimate of drug-likeness (QED) is 0.719. The fraction of sp³-hybridized carbons (Fsp3) is 0.556. The lowest BCUT2D eigenvalue weighted by Crippen LogP contribution is -2.61. The third-order valence-electron chi connectivity index (χ3n) is 6.08. The molecule has 5 atom stereocenters. The number of aliphatic hydroxyl groups is 1. The van der Waals surface area contributed by atoms with Gasteiger partial charge in [-0.05, 0) is 45.5 Å². The predicted octanol–water partition coefficient (Wildman–Crippen LogP) is 1.97. The molecule has 0 bridgehead atoms. The van der Waals surface area contributed by atoms with E-state index in [2.05, 4.69) is 31.9 Å². The Morgan fingerprint density at radius 3 is 2.86 bits per heavy atom. The van der Waals surface area contributed by atoms with Crippen LogP contribution >= 0.6 is 0 Å². The van der Waals surface area contributed by atoms with Gasteiger partial charge in [0, 0.05) is 22.9 Å². The largest absolute Gasteiger partial charge is 0.504 e. The van der Waals surface area contributed by atoms with Crippen LogP contribution in [0.2, 0.25) is 0 Å². The number of aryl methyl sites for hydroxylation is 1. The van der Waals surface area contributed by atoms with Gasteiger partial charge in [0.25, 0.3) is 0 Å². The van der Waals surface area contributed by atoms with Crippen LogP contribution in [0.5, 0.6) is 11.5 Å². The second-order valence-electron chi connectivity index (χ2n) is 7.06. The minimum Gasteiger partial charge on any atom is -0.504 e. The normalized spacial score (nSPS) is 39.8. The third kappa shape index (κ3) is 1.54.